The largest absolute Gasteiger partial charge is 0.393 e. The second kappa shape index (κ2) is 6.56. The number of piperidine rings is 1. The highest BCUT2D eigenvalue weighted by molar-refractivity contribution is 7.89. The standard InChI is InChI=1S/C15H20N2O3S/c1-12(18)14-7-10-17(11-8-14)21(19,20)15-4-2-13(3-5-15)6-9-16/h2-5,12,14,18H,6-8,10-11H2,1H3. The Balaban J connectivity index is 2.10. The van der Waals surface area contributed by atoms with Crippen LogP contribution in [0.1, 0.15) is 25.3 Å². The van der Waals surface area contributed by atoms with Crippen molar-refractivity contribution in [1.29, 1.82) is 5.26 Å². The lowest BCUT2D eigenvalue weighted by Gasteiger charge is -2.32. The van der Waals surface area contributed by atoms with Crippen molar-refractivity contribution in [1.82, 2.24) is 4.31 Å². The van der Waals surface area contributed by atoms with Gasteiger partial charge >= 0.3 is 0 Å². The van der Waals surface area contributed by atoms with Crippen molar-refractivity contribution in [3.05, 3.63) is 29.8 Å². The van der Waals surface area contributed by atoms with Crippen LogP contribution in [0.3, 0.4) is 0 Å². The summed E-state index contributed by atoms with van der Waals surface area (Å²) in [5, 5.41) is 18.2. The maximum absolute atomic E-state index is 12.5. The van der Waals surface area contributed by atoms with Gasteiger partial charge in [-0.05, 0) is 43.4 Å². The summed E-state index contributed by atoms with van der Waals surface area (Å²) >= 11 is 0. The second-order valence-electron chi connectivity index (χ2n) is 5.46. The number of rotatable bonds is 4. The zero-order chi connectivity index (χ0) is 15.5. The van der Waals surface area contributed by atoms with Gasteiger partial charge in [0.15, 0.2) is 0 Å². The van der Waals surface area contributed by atoms with Crippen LogP contribution in [-0.2, 0) is 16.4 Å². The highest BCUT2D eigenvalue weighted by Gasteiger charge is 2.30. The lowest BCUT2D eigenvalue weighted by molar-refractivity contribution is 0.0912. The van der Waals surface area contributed by atoms with Crippen LogP contribution in [0.4, 0.5) is 0 Å². The van der Waals surface area contributed by atoms with Crippen molar-refractivity contribution in [2.75, 3.05) is 13.1 Å². The van der Waals surface area contributed by atoms with Crippen LogP contribution >= 0.6 is 0 Å². The molecule has 2 rings (SSSR count). The van der Waals surface area contributed by atoms with Crippen LogP contribution in [0.15, 0.2) is 29.2 Å². The third kappa shape index (κ3) is 3.62. The van der Waals surface area contributed by atoms with E-state index in [9.17, 15) is 13.5 Å². The Bertz CT molecular complexity index is 609. The number of sulfonamides is 1. The van der Waals surface area contributed by atoms with E-state index in [4.69, 9.17) is 5.26 Å². The third-order valence-electron chi connectivity index (χ3n) is 4.03. The van der Waals surface area contributed by atoms with Crippen LogP contribution in [0.5, 0.6) is 0 Å². The number of benzene rings is 1. The first-order valence-corrected chi connectivity index (χ1v) is 8.53. The van der Waals surface area contributed by atoms with Gasteiger partial charge in [0.25, 0.3) is 0 Å². The number of hydrogen-bond acceptors (Lipinski definition) is 4. The van der Waals surface area contributed by atoms with Gasteiger partial charge < -0.3 is 5.11 Å². The predicted octanol–water partition coefficient (Wildman–Crippen LogP) is 1.53. The predicted molar refractivity (Wildman–Crippen MR) is 78.9 cm³/mol. The third-order valence-corrected chi connectivity index (χ3v) is 5.94. The highest BCUT2D eigenvalue weighted by atomic mass is 32.2. The molecule has 1 atom stereocenters. The fraction of sp³-hybridized carbons (Fsp3) is 0.533. The van der Waals surface area contributed by atoms with Gasteiger partial charge in [-0.25, -0.2) is 8.42 Å². The molecule has 0 amide bonds. The number of hydrogen-bond donors (Lipinski definition) is 1. The molecule has 21 heavy (non-hydrogen) atoms. The Kier molecular flexibility index (Phi) is 4.99. The molecule has 1 aliphatic heterocycles. The fourth-order valence-electron chi connectivity index (χ4n) is 2.62. The number of aliphatic hydroxyl groups excluding tert-OH is 1. The summed E-state index contributed by atoms with van der Waals surface area (Å²) in [6.07, 6.45) is 1.26. The minimum absolute atomic E-state index is 0.175. The van der Waals surface area contributed by atoms with E-state index >= 15 is 0 Å². The first kappa shape index (κ1) is 16.0. The Morgan fingerprint density at radius 2 is 1.90 bits per heavy atom. The highest BCUT2D eigenvalue weighted by Crippen LogP contribution is 2.25. The van der Waals surface area contributed by atoms with Gasteiger partial charge in [-0.3, -0.25) is 0 Å². The van der Waals surface area contributed by atoms with E-state index in [2.05, 4.69) is 0 Å². The van der Waals surface area contributed by atoms with E-state index < -0.39 is 10.0 Å². The molecule has 1 saturated heterocycles. The molecule has 0 bridgehead atoms. The minimum atomic E-state index is -3.47. The first-order valence-electron chi connectivity index (χ1n) is 7.09. The van der Waals surface area contributed by atoms with E-state index in [1.807, 2.05) is 6.07 Å². The van der Waals surface area contributed by atoms with Gasteiger partial charge in [0.05, 0.1) is 23.5 Å². The molecule has 0 aromatic heterocycles. The molecule has 1 aliphatic rings. The van der Waals surface area contributed by atoms with Crippen molar-refractivity contribution < 1.29 is 13.5 Å². The summed E-state index contributed by atoms with van der Waals surface area (Å²) in [7, 11) is -3.47. The van der Waals surface area contributed by atoms with Crippen LogP contribution < -0.4 is 0 Å². The average Bonchev–Trinajstić information content (AvgIpc) is 2.48. The molecule has 1 unspecified atom stereocenters. The van der Waals surface area contributed by atoms with E-state index in [1.165, 1.54) is 4.31 Å². The molecule has 114 valence electrons. The summed E-state index contributed by atoms with van der Waals surface area (Å²) in [4.78, 5) is 0.264. The van der Waals surface area contributed by atoms with E-state index in [0.717, 1.165) is 5.56 Å². The Morgan fingerprint density at radius 3 is 2.38 bits per heavy atom. The molecular formula is C15H20N2O3S. The summed E-state index contributed by atoms with van der Waals surface area (Å²) in [5.41, 5.74) is 0.810. The topological polar surface area (TPSA) is 81.4 Å². The van der Waals surface area contributed by atoms with Crippen molar-refractivity contribution in [2.45, 2.75) is 37.2 Å². The SMILES string of the molecule is CC(O)C1CCN(S(=O)(=O)c2ccc(CC#N)cc2)CC1. The fourth-order valence-corrected chi connectivity index (χ4v) is 4.09. The van der Waals surface area contributed by atoms with Crippen LogP contribution in [-0.4, -0.2) is 37.0 Å². The van der Waals surface area contributed by atoms with Gasteiger partial charge in [0, 0.05) is 13.1 Å². The normalized spacial score (nSPS) is 19.1. The molecule has 0 radical (unpaired) electrons. The lowest BCUT2D eigenvalue weighted by Crippen LogP contribution is -2.40. The summed E-state index contributed by atoms with van der Waals surface area (Å²) in [5.74, 6) is 0.175. The maximum Gasteiger partial charge on any atom is 0.243 e. The Morgan fingerprint density at radius 1 is 1.33 bits per heavy atom. The average molecular weight is 308 g/mol. The molecule has 1 heterocycles. The van der Waals surface area contributed by atoms with Crippen molar-refractivity contribution >= 4 is 10.0 Å². The molecule has 1 aromatic carbocycles. The van der Waals surface area contributed by atoms with Crippen LogP contribution in [0.2, 0.25) is 0 Å². The molecule has 1 aromatic rings. The number of nitrogens with zero attached hydrogens (tertiary/aromatic N) is 2. The van der Waals surface area contributed by atoms with Gasteiger partial charge in [0.2, 0.25) is 10.0 Å². The monoisotopic (exact) mass is 308 g/mol. The number of nitriles is 1. The van der Waals surface area contributed by atoms with Gasteiger partial charge in [-0.2, -0.15) is 9.57 Å². The second-order valence-corrected chi connectivity index (χ2v) is 7.40. The van der Waals surface area contributed by atoms with Crippen molar-refractivity contribution in [3.8, 4) is 6.07 Å². The summed E-state index contributed by atoms with van der Waals surface area (Å²) in [6, 6.07) is 8.51. The van der Waals surface area contributed by atoms with Gasteiger partial charge in [-0.15, -0.1) is 0 Å². The zero-order valence-electron chi connectivity index (χ0n) is 12.1. The van der Waals surface area contributed by atoms with E-state index in [-0.39, 0.29) is 23.3 Å². The van der Waals surface area contributed by atoms with Crippen molar-refractivity contribution in [3.63, 3.8) is 0 Å². The number of aliphatic hydroxyl groups is 1. The molecule has 0 spiro atoms. The van der Waals surface area contributed by atoms with Crippen molar-refractivity contribution in [2.24, 2.45) is 5.92 Å². The minimum Gasteiger partial charge on any atom is -0.393 e. The molecule has 1 N–H and O–H groups in total. The zero-order valence-corrected chi connectivity index (χ0v) is 12.9. The molecule has 0 aliphatic carbocycles. The molecule has 0 saturated carbocycles. The van der Waals surface area contributed by atoms with Crippen LogP contribution in [0.25, 0.3) is 0 Å². The molecular weight excluding hydrogens is 288 g/mol. The van der Waals surface area contributed by atoms with Crippen LogP contribution in [0, 0.1) is 17.2 Å². The van der Waals surface area contributed by atoms with E-state index in [1.54, 1.807) is 31.2 Å². The first-order chi connectivity index (χ1) is 9.95. The summed E-state index contributed by atoms with van der Waals surface area (Å²) in [6.45, 7) is 2.64. The lowest BCUT2D eigenvalue weighted by atomic mass is 9.93. The van der Waals surface area contributed by atoms with Gasteiger partial charge in [0.1, 0.15) is 0 Å². The Hall–Kier alpha value is -1.42. The molecule has 6 heteroatoms. The quantitative estimate of drug-likeness (QED) is 0.914. The molecule has 5 nitrogen and oxygen atoms in total. The smallest absolute Gasteiger partial charge is 0.243 e. The molecule has 1 fully saturated rings. The maximum atomic E-state index is 12.5. The van der Waals surface area contributed by atoms with Gasteiger partial charge in [-0.1, -0.05) is 12.1 Å². The summed E-state index contributed by atoms with van der Waals surface area (Å²) < 4.78 is 26.5. The van der Waals surface area contributed by atoms with E-state index in [0.29, 0.717) is 25.9 Å². The Labute approximate surface area is 125 Å².